The average molecular weight is 325 g/mol. The highest BCUT2D eigenvalue weighted by Gasteiger charge is 2.33. The Hall–Kier alpha value is -1.17. The molecular weight excluding hydrogens is 308 g/mol. The summed E-state index contributed by atoms with van der Waals surface area (Å²) < 4.78 is 27.3. The number of aromatic nitrogens is 1. The second kappa shape index (κ2) is 5.55. The molecule has 0 saturated carbocycles. The molecule has 112 valence electrons. The quantitative estimate of drug-likeness (QED) is 0.798. The SMILES string of the molecule is CC1CCN(S(=O)(=O)c2cccc3ncccc23)CC1Cl. The van der Waals surface area contributed by atoms with Crippen LogP contribution in [-0.4, -0.2) is 36.2 Å². The summed E-state index contributed by atoms with van der Waals surface area (Å²) in [6.07, 6.45) is 2.45. The molecule has 3 rings (SSSR count). The highest BCUT2D eigenvalue weighted by molar-refractivity contribution is 7.89. The summed E-state index contributed by atoms with van der Waals surface area (Å²) in [7, 11) is -3.54. The van der Waals surface area contributed by atoms with Gasteiger partial charge in [0.15, 0.2) is 0 Å². The highest BCUT2D eigenvalue weighted by Crippen LogP contribution is 2.29. The summed E-state index contributed by atoms with van der Waals surface area (Å²) >= 11 is 6.26. The van der Waals surface area contributed by atoms with Crippen molar-refractivity contribution < 1.29 is 8.42 Å². The maximum Gasteiger partial charge on any atom is 0.243 e. The van der Waals surface area contributed by atoms with Gasteiger partial charge in [-0.1, -0.05) is 13.0 Å². The Morgan fingerprint density at radius 1 is 1.29 bits per heavy atom. The van der Waals surface area contributed by atoms with E-state index < -0.39 is 10.0 Å². The van der Waals surface area contributed by atoms with Crippen molar-refractivity contribution in [2.24, 2.45) is 5.92 Å². The van der Waals surface area contributed by atoms with Crippen LogP contribution in [0.1, 0.15) is 13.3 Å². The molecule has 1 saturated heterocycles. The third kappa shape index (κ3) is 2.65. The van der Waals surface area contributed by atoms with E-state index in [-0.39, 0.29) is 5.38 Å². The second-order valence-electron chi connectivity index (χ2n) is 5.47. The Kier molecular flexibility index (Phi) is 3.90. The largest absolute Gasteiger partial charge is 0.256 e. The van der Waals surface area contributed by atoms with Crippen LogP contribution in [0.25, 0.3) is 10.9 Å². The van der Waals surface area contributed by atoms with Crippen LogP contribution in [0.4, 0.5) is 0 Å². The normalized spacial score (nSPS) is 24.3. The van der Waals surface area contributed by atoms with Gasteiger partial charge in [-0.05, 0) is 36.6 Å². The van der Waals surface area contributed by atoms with Crippen LogP contribution in [-0.2, 0) is 10.0 Å². The van der Waals surface area contributed by atoms with E-state index in [9.17, 15) is 8.42 Å². The van der Waals surface area contributed by atoms with Gasteiger partial charge in [-0.25, -0.2) is 8.42 Å². The molecule has 1 fully saturated rings. The molecule has 21 heavy (non-hydrogen) atoms. The number of alkyl halides is 1. The first-order valence-electron chi connectivity index (χ1n) is 6.98. The lowest BCUT2D eigenvalue weighted by Crippen LogP contribution is -2.43. The van der Waals surface area contributed by atoms with Gasteiger partial charge in [0.1, 0.15) is 0 Å². The van der Waals surface area contributed by atoms with Crippen molar-refractivity contribution in [3.63, 3.8) is 0 Å². The first-order chi connectivity index (χ1) is 10.00. The summed E-state index contributed by atoms with van der Waals surface area (Å²) in [5.74, 6) is 0.340. The minimum atomic E-state index is -3.54. The smallest absolute Gasteiger partial charge is 0.243 e. The molecular formula is C15H17ClN2O2S. The predicted octanol–water partition coefficient (Wildman–Crippen LogP) is 2.87. The van der Waals surface area contributed by atoms with Crippen LogP contribution in [0.2, 0.25) is 0 Å². The Morgan fingerprint density at radius 3 is 2.86 bits per heavy atom. The van der Waals surface area contributed by atoms with Crippen LogP contribution < -0.4 is 0 Å². The Bertz CT molecular complexity index is 758. The number of halogens is 1. The molecule has 0 spiro atoms. The first kappa shape index (κ1) is 14.8. The van der Waals surface area contributed by atoms with Gasteiger partial charge in [-0.2, -0.15) is 4.31 Å². The van der Waals surface area contributed by atoms with Crippen molar-refractivity contribution in [1.29, 1.82) is 0 Å². The number of fused-ring (bicyclic) bond motifs is 1. The molecule has 1 aromatic carbocycles. The van der Waals surface area contributed by atoms with E-state index in [2.05, 4.69) is 11.9 Å². The molecule has 0 aliphatic carbocycles. The summed E-state index contributed by atoms with van der Waals surface area (Å²) in [6.45, 7) is 2.94. The number of piperidine rings is 1. The van der Waals surface area contributed by atoms with Crippen LogP contribution in [0.3, 0.4) is 0 Å². The Labute approximate surface area is 129 Å². The van der Waals surface area contributed by atoms with Crippen molar-refractivity contribution in [1.82, 2.24) is 9.29 Å². The van der Waals surface area contributed by atoms with E-state index in [1.807, 2.05) is 6.07 Å². The topological polar surface area (TPSA) is 50.3 Å². The molecule has 1 aliphatic heterocycles. The lowest BCUT2D eigenvalue weighted by Gasteiger charge is -2.33. The summed E-state index contributed by atoms with van der Waals surface area (Å²) in [5.41, 5.74) is 0.686. The lowest BCUT2D eigenvalue weighted by molar-refractivity contribution is 0.293. The van der Waals surface area contributed by atoms with Crippen molar-refractivity contribution in [3.05, 3.63) is 36.5 Å². The van der Waals surface area contributed by atoms with E-state index in [0.717, 1.165) is 6.42 Å². The Balaban J connectivity index is 2.05. The number of hydrogen-bond acceptors (Lipinski definition) is 3. The molecule has 6 heteroatoms. The van der Waals surface area contributed by atoms with Gasteiger partial charge >= 0.3 is 0 Å². The molecule has 4 nitrogen and oxygen atoms in total. The third-order valence-electron chi connectivity index (χ3n) is 4.05. The lowest BCUT2D eigenvalue weighted by atomic mass is 10.0. The Morgan fingerprint density at radius 2 is 2.10 bits per heavy atom. The van der Waals surface area contributed by atoms with E-state index in [4.69, 9.17) is 11.6 Å². The molecule has 1 aliphatic rings. The number of rotatable bonds is 2. The first-order valence-corrected chi connectivity index (χ1v) is 8.86. The van der Waals surface area contributed by atoms with Crippen LogP contribution in [0, 0.1) is 5.92 Å². The standard InChI is InChI=1S/C15H17ClN2O2S/c1-11-7-9-18(10-13(11)16)21(19,20)15-6-2-5-14-12(15)4-3-8-17-14/h2-6,8,11,13H,7,9-10H2,1H3. The molecule has 1 aromatic heterocycles. The van der Waals surface area contributed by atoms with E-state index >= 15 is 0 Å². The maximum atomic E-state index is 12.9. The van der Waals surface area contributed by atoms with Crippen LogP contribution in [0.15, 0.2) is 41.4 Å². The highest BCUT2D eigenvalue weighted by atomic mass is 35.5. The van der Waals surface area contributed by atoms with E-state index in [1.165, 1.54) is 4.31 Å². The molecule has 0 amide bonds. The van der Waals surface area contributed by atoms with Crippen LogP contribution in [0.5, 0.6) is 0 Å². The van der Waals surface area contributed by atoms with Crippen LogP contribution >= 0.6 is 11.6 Å². The van der Waals surface area contributed by atoms with Gasteiger partial charge in [0.05, 0.1) is 10.4 Å². The van der Waals surface area contributed by atoms with Gasteiger partial charge in [0.25, 0.3) is 0 Å². The molecule has 2 atom stereocenters. The maximum absolute atomic E-state index is 12.9. The fraction of sp³-hybridized carbons (Fsp3) is 0.400. The summed E-state index contributed by atoms with van der Waals surface area (Å²) in [4.78, 5) is 4.53. The number of nitrogens with zero attached hydrogens (tertiary/aromatic N) is 2. The van der Waals surface area contributed by atoms with Crippen molar-refractivity contribution in [3.8, 4) is 0 Å². The molecule has 2 heterocycles. The van der Waals surface area contributed by atoms with Gasteiger partial charge in [0, 0.05) is 30.0 Å². The molecule has 0 radical (unpaired) electrons. The summed E-state index contributed by atoms with van der Waals surface area (Å²) in [6, 6.07) is 8.73. The number of hydrogen-bond donors (Lipinski definition) is 0. The van der Waals surface area contributed by atoms with Crippen molar-refractivity contribution in [2.75, 3.05) is 13.1 Å². The zero-order valence-electron chi connectivity index (χ0n) is 11.7. The molecule has 2 aromatic rings. The second-order valence-corrected chi connectivity index (χ2v) is 7.94. The average Bonchev–Trinajstić information content (AvgIpc) is 2.49. The predicted molar refractivity (Wildman–Crippen MR) is 83.9 cm³/mol. The van der Waals surface area contributed by atoms with Gasteiger partial charge in [-0.3, -0.25) is 4.98 Å². The minimum Gasteiger partial charge on any atom is -0.256 e. The zero-order chi connectivity index (χ0) is 15.0. The molecule has 2 unspecified atom stereocenters. The van der Waals surface area contributed by atoms with E-state index in [0.29, 0.717) is 34.8 Å². The number of sulfonamides is 1. The fourth-order valence-corrected chi connectivity index (χ4v) is 4.71. The van der Waals surface area contributed by atoms with E-state index in [1.54, 1.807) is 30.5 Å². The van der Waals surface area contributed by atoms with Gasteiger partial charge < -0.3 is 0 Å². The molecule has 0 bridgehead atoms. The third-order valence-corrected chi connectivity index (χ3v) is 6.54. The van der Waals surface area contributed by atoms with Crippen molar-refractivity contribution in [2.45, 2.75) is 23.6 Å². The number of pyridine rings is 1. The summed E-state index contributed by atoms with van der Waals surface area (Å²) in [5, 5.41) is 0.520. The minimum absolute atomic E-state index is 0.137. The number of benzene rings is 1. The van der Waals surface area contributed by atoms with Crippen molar-refractivity contribution >= 4 is 32.5 Å². The monoisotopic (exact) mass is 324 g/mol. The zero-order valence-corrected chi connectivity index (χ0v) is 13.3. The molecule has 0 N–H and O–H groups in total. The van der Waals surface area contributed by atoms with Gasteiger partial charge in [-0.15, -0.1) is 11.6 Å². The fourth-order valence-electron chi connectivity index (χ4n) is 2.65. The van der Waals surface area contributed by atoms with Gasteiger partial charge in [0.2, 0.25) is 10.0 Å².